The highest BCUT2D eigenvalue weighted by atomic mass is 16.5. The van der Waals surface area contributed by atoms with Crippen LogP contribution in [0, 0.1) is 6.92 Å². The number of aromatic nitrogens is 3. The SMILES string of the molecule is CCOC(=O)C1=C(C)N(CC(=O)NCc2ccccc2C)c2ncnn2C1c1ccccc1. The quantitative estimate of drug-likeness (QED) is 0.562. The van der Waals surface area contributed by atoms with E-state index in [1.54, 1.807) is 16.5 Å². The number of carbonyl (C=O) groups excluding carboxylic acids is 2. The van der Waals surface area contributed by atoms with E-state index in [-0.39, 0.29) is 19.1 Å². The Morgan fingerprint density at radius 2 is 1.79 bits per heavy atom. The summed E-state index contributed by atoms with van der Waals surface area (Å²) in [7, 11) is 0. The van der Waals surface area contributed by atoms with Crippen molar-refractivity contribution in [1.29, 1.82) is 0 Å². The summed E-state index contributed by atoms with van der Waals surface area (Å²) >= 11 is 0. The second-order valence-corrected chi connectivity index (χ2v) is 7.83. The molecule has 4 rings (SSSR count). The van der Waals surface area contributed by atoms with Crippen LogP contribution in [0.4, 0.5) is 5.95 Å². The number of ether oxygens (including phenoxy) is 1. The Hall–Kier alpha value is -3.94. The first-order valence-electron chi connectivity index (χ1n) is 10.9. The number of aryl methyl sites for hydroxylation is 1. The third-order valence-corrected chi connectivity index (χ3v) is 5.76. The number of nitrogens with zero attached hydrogens (tertiary/aromatic N) is 4. The summed E-state index contributed by atoms with van der Waals surface area (Å²) in [6, 6.07) is 17.0. The zero-order valence-corrected chi connectivity index (χ0v) is 19.0. The molecule has 0 saturated heterocycles. The molecule has 2 aromatic carbocycles. The van der Waals surface area contributed by atoms with E-state index >= 15 is 0 Å². The van der Waals surface area contributed by atoms with Crippen molar-refractivity contribution in [3.8, 4) is 0 Å². The summed E-state index contributed by atoms with van der Waals surface area (Å²) in [5.74, 6) is -0.121. The first kappa shape index (κ1) is 22.3. The molecule has 0 radical (unpaired) electrons. The van der Waals surface area contributed by atoms with E-state index in [9.17, 15) is 9.59 Å². The number of carbonyl (C=O) groups is 2. The lowest BCUT2D eigenvalue weighted by atomic mass is 9.95. The summed E-state index contributed by atoms with van der Waals surface area (Å²) in [6.45, 7) is 6.27. The average Bonchev–Trinajstić information content (AvgIpc) is 3.30. The van der Waals surface area contributed by atoms with E-state index in [2.05, 4.69) is 15.4 Å². The van der Waals surface area contributed by atoms with E-state index in [0.717, 1.165) is 16.7 Å². The van der Waals surface area contributed by atoms with Crippen LogP contribution in [0.2, 0.25) is 0 Å². The number of anilines is 1. The highest BCUT2D eigenvalue weighted by Crippen LogP contribution is 2.38. The third kappa shape index (κ3) is 4.50. The van der Waals surface area contributed by atoms with Crippen molar-refractivity contribution in [2.45, 2.75) is 33.4 Å². The number of rotatable bonds is 7. The number of hydrogen-bond acceptors (Lipinski definition) is 6. The number of amides is 1. The van der Waals surface area contributed by atoms with Gasteiger partial charge < -0.3 is 15.0 Å². The molecule has 0 bridgehead atoms. The molecule has 0 saturated carbocycles. The van der Waals surface area contributed by atoms with Crippen molar-refractivity contribution < 1.29 is 14.3 Å². The van der Waals surface area contributed by atoms with Crippen molar-refractivity contribution in [3.05, 3.63) is 88.9 Å². The van der Waals surface area contributed by atoms with Crippen molar-refractivity contribution in [2.24, 2.45) is 0 Å². The molecule has 2 heterocycles. The minimum atomic E-state index is -0.492. The van der Waals surface area contributed by atoms with Gasteiger partial charge >= 0.3 is 5.97 Å². The van der Waals surface area contributed by atoms with Gasteiger partial charge in [-0.25, -0.2) is 9.48 Å². The standard InChI is InChI=1S/C25H27N5O3/c1-4-33-24(32)22-18(3)29(15-21(31)26-14-20-13-9-8-10-17(20)2)25-27-16-28-30(25)23(22)19-11-6-5-7-12-19/h5-13,16,23H,4,14-15H2,1-3H3,(H,26,31). The van der Waals surface area contributed by atoms with Gasteiger partial charge in [-0.05, 0) is 37.5 Å². The predicted molar refractivity (Wildman–Crippen MR) is 124 cm³/mol. The fourth-order valence-electron chi connectivity index (χ4n) is 4.04. The van der Waals surface area contributed by atoms with Gasteiger partial charge in [-0.2, -0.15) is 10.1 Å². The lowest BCUT2D eigenvalue weighted by molar-refractivity contribution is -0.139. The summed E-state index contributed by atoms with van der Waals surface area (Å²) in [4.78, 5) is 32.0. The largest absolute Gasteiger partial charge is 0.463 e. The molecule has 0 fully saturated rings. The lowest BCUT2D eigenvalue weighted by Gasteiger charge is -2.35. The number of hydrogen-bond donors (Lipinski definition) is 1. The fourth-order valence-corrected chi connectivity index (χ4v) is 4.04. The summed E-state index contributed by atoms with van der Waals surface area (Å²) < 4.78 is 7.05. The van der Waals surface area contributed by atoms with Crippen LogP contribution in [-0.4, -0.2) is 39.8 Å². The van der Waals surface area contributed by atoms with Crippen LogP contribution < -0.4 is 10.2 Å². The van der Waals surface area contributed by atoms with Crippen LogP contribution in [-0.2, 0) is 20.9 Å². The van der Waals surface area contributed by atoms with E-state index < -0.39 is 12.0 Å². The van der Waals surface area contributed by atoms with Crippen LogP contribution in [0.3, 0.4) is 0 Å². The van der Waals surface area contributed by atoms with Crippen LogP contribution in [0.5, 0.6) is 0 Å². The maximum Gasteiger partial charge on any atom is 0.338 e. The molecule has 1 aliphatic heterocycles. The second kappa shape index (κ2) is 9.68. The van der Waals surface area contributed by atoms with Gasteiger partial charge in [0, 0.05) is 12.2 Å². The maximum absolute atomic E-state index is 13.0. The van der Waals surface area contributed by atoms with Crippen LogP contribution in [0.1, 0.15) is 36.6 Å². The first-order chi connectivity index (χ1) is 16.0. The van der Waals surface area contributed by atoms with Gasteiger partial charge in [0.25, 0.3) is 0 Å². The molecular weight excluding hydrogens is 418 g/mol. The molecule has 0 aliphatic carbocycles. The summed E-state index contributed by atoms with van der Waals surface area (Å²) in [5, 5.41) is 7.36. The Labute approximate surface area is 192 Å². The predicted octanol–water partition coefficient (Wildman–Crippen LogP) is 3.15. The van der Waals surface area contributed by atoms with E-state index in [1.165, 1.54) is 6.33 Å². The second-order valence-electron chi connectivity index (χ2n) is 7.83. The third-order valence-electron chi connectivity index (χ3n) is 5.76. The van der Waals surface area contributed by atoms with Gasteiger partial charge in [-0.15, -0.1) is 0 Å². The Morgan fingerprint density at radius 3 is 2.52 bits per heavy atom. The zero-order chi connectivity index (χ0) is 23.4. The van der Waals surface area contributed by atoms with Gasteiger partial charge in [0.1, 0.15) is 18.9 Å². The molecule has 170 valence electrons. The molecule has 1 aliphatic rings. The lowest BCUT2D eigenvalue weighted by Crippen LogP contribution is -2.42. The Balaban J connectivity index is 1.65. The molecule has 1 N–H and O–H groups in total. The van der Waals surface area contributed by atoms with Gasteiger partial charge in [-0.3, -0.25) is 4.79 Å². The van der Waals surface area contributed by atoms with E-state index in [0.29, 0.717) is 23.8 Å². The molecule has 3 aromatic rings. The molecular formula is C25H27N5O3. The van der Waals surface area contributed by atoms with Gasteiger partial charge in [-0.1, -0.05) is 54.6 Å². The summed E-state index contributed by atoms with van der Waals surface area (Å²) in [6.07, 6.45) is 1.44. The van der Waals surface area contributed by atoms with Crippen molar-refractivity contribution in [3.63, 3.8) is 0 Å². The van der Waals surface area contributed by atoms with Crippen LogP contribution >= 0.6 is 0 Å². The molecule has 8 nitrogen and oxygen atoms in total. The minimum absolute atomic E-state index is 0.000816. The van der Waals surface area contributed by atoms with Gasteiger partial charge in [0.15, 0.2) is 0 Å². The van der Waals surface area contributed by atoms with Gasteiger partial charge in [0.2, 0.25) is 11.9 Å². The van der Waals surface area contributed by atoms with Crippen LogP contribution in [0.15, 0.2) is 72.2 Å². The number of fused-ring (bicyclic) bond motifs is 1. The normalized spacial score (nSPS) is 15.2. The number of allylic oxidation sites excluding steroid dienone is 1. The van der Waals surface area contributed by atoms with Crippen molar-refractivity contribution in [1.82, 2.24) is 20.1 Å². The molecule has 1 unspecified atom stereocenters. The number of esters is 1. The summed E-state index contributed by atoms with van der Waals surface area (Å²) in [5.41, 5.74) is 4.11. The molecule has 1 aromatic heterocycles. The van der Waals surface area contributed by atoms with Gasteiger partial charge in [0.05, 0.1) is 12.2 Å². The monoisotopic (exact) mass is 445 g/mol. The highest BCUT2D eigenvalue weighted by Gasteiger charge is 2.38. The Kier molecular flexibility index (Phi) is 6.53. The van der Waals surface area contributed by atoms with Crippen molar-refractivity contribution in [2.75, 3.05) is 18.1 Å². The molecule has 1 atom stereocenters. The Morgan fingerprint density at radius 1 is 1.06 bits per heavy atom. The molecule has 33 heavy (non-hydrogen) atoms. The Bertz CT molecular complexity index is 1190. The fraction of sp³-hybridized carbons (Fsp3) is 0.280. The molecule has 0 spiro atoms. The minimum Gasteiger partial charge on any atom is -0.463 e. The van der Waals surface area contributed by atoms with Crippen molar-refractivity contribution >= 4 is 17.8 Å². The zero-order valence-electron chi connectivity index (χ0n) is 19.0. The first-order valence-corrected chi connectivity index (χ1v) is 10.9. The smallest absolute Gasteiger partial charge is 0.338 e. The maximum atomic E-state index is 13.0. The molecule has 1 amide bonds. The highest BCUT2D eigenvalue weighted by molar-refractivity contribution is 5.93. The van der Waals surface area contributed by atoms with E-state index in [4.69, 9.17) is 4.74 Å². The average molecular weight is 446 g/mol. The number of nitrogens with one attached hydrogen (secondary N) is 1. The molecule has 8 heteroatoms. The number of benzene rings is 2. The van der Waals surface area contributed by atoms with E-state index in [1.807, 2.05) is 68.4 Å². The van der Waals surface area contributed by atoms with Crippen LogP contribution in [0.25, 0.3) is 0 Å². The topological polar surface area (TPSA) is 89.3 Å².